The molecule has 0 aliphatic carbocycles. The van der Waals surface area contributed by atoms with Gasteiger partial charge in [-0.2, -0.15) is 13.2 Å². The molecule has 0 radical (unpaired) electrons. The van der Waals surface area contributed by atoms with Crippen LogP contribution in [0.4, 0.5) is 13.2 Å². The molecule has 2 N–H and O–H groups in total. The Balaban J connectivity index is 2.66. The highest BCUT2D eigenvalue weighted by molar-refractivity contribution is 5.96. The lowest BCUT2D eigenvalue weighted by Gasteiger charge is -2.19. The first-order valence-corrected chi connectivity index (χ1v) is 7.90. The standard InChI is InChI=1S/C18H16F3NO6/c1-9-7-12(16(24)14(15(9)23)17(25)28-2)13(8-22(26)27)10-3-5-11(6-4-10)18(19,20)21/h3-7,13,23-24H,8H2,1-2H3. The SMILES string of the molecule is COC(=O)c1c(O)c(C)cc(C(C[N+](=O)[O-])c2ccc(C(F)(F)F)cc2)c1O. The third kappa shape index (κ3) is 4.16. The molecule has 0 spiro atoms. The zero-order chi connectivity index (χ0) is 21.2. The van der Waals surface area contributed by atoms with E-state index in [9.17, 15) is 38.3 Å². The summed E-state index contributed by atoms with van der Waals surface area (Å²) in [6.07, 6.45) is -4.58. The Labute approximate surface area is 157 Å². The average Bonchev–Trinajstić information content (AvgIpc) is 2.62. The number of phenolic OH excluding ortho intramolecular Hbond substituents is 2. The third-order valence-corrected chi connectivity index (χ3v) is 4.23. The molecule has 0 amide bonds. The van der Waals surface area contributed by atoms with E-state index in [4.69, 9.17) is 0 Å². The summed E-state index contributed by atoms with van der Waals surface area (Å²) in [5, 5.41) is 31.6. The van der Waals surface area contributed by atoms with Crippen molar-refractivity contribution in [1.29, 1.82) is 0 Å². The fourth-order valence-electron chi connectivity index (χ4n) is 2.82. The number of phenols is 2. The number of halogens is 3. The summed E-state index contributed by atoms with van der Waals surface area (Å²) in [4.78, 5) is 22.3. The maximum atomic E-state index is 12.8. The molecule has 0 saturated heterocycles. The molecule has 1 unspecified atom stereocenters. The zero-order valence-corrected chi connectivity index (χ0v) is 14.8. The second-order valence-corrected chi connectivity index (χ2v) is 6.03. The van der Waals surface area contributed by atoms with Crippen molar-refractivity contribution in [1.82, 2.24) is 0 Å². The van der Waals surface area contributed by atoms with E-state index < -0.39 is 52.2 Å². The van der Waals surface area contributed by atoms with Crippen molar-refractivity contribution in [3.8, 4) is 11.5 Å². The first-order chi connectivity index (χ1) is 13.0. The van der Waals surface area contributed by atoms with Crippen LogP contribution in [0.25, 0.3) is 0 Å². The summed E-state index contributed by atoms with van der Waals surface area (Å²) in [7, 11) is 1.02. The van der Waals surface area contributed by atoms with Gasteiger partial charge in [-0.05, 0) is 36.2 Å². The Morgan fingerprint density at radius 1 is 1.21 bits per heavy atom. The van der Waals surface area contributed by atoms with Crippen molar-refractivity contribution < 1.29 is 37.8 Å². The molecule has 0 heterocycles. The number of hydrogen-bond donors (Lipinski definition) is 2. The number of alkyl halides is 3. The number of hydrogen-bond acceptors (Lipinski definition) is 6. The van der Waals surface area contributed by atoms with Gasteiger partial charge in [0, 0.05) is 10.5 Å². The molecular weight excluding hydrogens is 383 g/mol. The summed E-state index contributed by atoms with van der Waals surface area (Å²) in [5.74, 6) is -3.52. The largest absolute Gasteiger partial charge is 0.507 e. The lowest BCUT2D eigenvalue weighted by atomic mass is 9.87. The van der Waals surface area contributed by atoms with E-state index in [-0.39, 0.29) is 16.7 Å². The molecule has 10 heteroatoms. The van der Waals surface area contributed by atoms with Crippen molar-refractivity contribution in [2.45, 2.75) is 19.0 Å². The van der Waals surface area contributed by atoms with Gasteiger partial charge in [0.25, 0.3) is 0 Å². The second-order valence-electron chi connectivity index (χ2n) is 6.03. The lowest BCUT2D eigenvalue weighted by Crippen LogP contribution is -2.16. The van der Waals surface area contributed by atoms with Crippen molar-refractivity contribution >= 4 is 5.97 Å². The van der Waals surface area contributed by atoms with Crippen LogP contribution in [0.5, 0.6) is 11.5 Å². The van der Waals surface area contributed by atoms with Crippen LogP contribution in [0.3, 0.4) is 0 Å². The Morgan fingerprint density at radius 2 is 1.79 bits per heavy atom. The summed E-state index contributed by atoms with van der Waals surface area (Å²) in [6.45, 7) is 0.643. The van der Waals surface area contributed by atoms with E-state index in [1.54, 1.807) is 0 Å². The quantitative estimate of drug-likeness (QED) is 0.451. The molecule has 0 aliphatic rings. The van der Waals surface area contributed by atoms with Crippen LogP contribution in [0.15, 0.2) is 30.3 Å². The molecule has 28 heavy (non-hydrogen) atoms. The number of carbonyl (C=O) groups excluding carboxylic acids is 1. The number of esters is 1. The fourth-order valence-corrected chi connectivity index (χ4v) is 2.82. The molecule has 0 aliphatic heterocycles. The van der Waals surface area contributed by atoms with Crippen molar-refractivity contribution in [3.63, 3.8) is 0 Å². The minimum Gasteiger partial charge on any atom is -0.507 e. The Morgan fingerprint density at radius 3 is 2.25 bits per heavy atom. The number of ether oxygens (including phenoxy) is 1. The molecule has 150 valence electrons. The van der Waals surface area contributed by atoms with E-state index >= 15 is 0 Å². The minimum atomic E-state index is -4.58. The maximum Gasteiger partial charge on any atom is 0.416 e. The van der Waals surface area contributed by atoms with Crippen LogP contribution in [0.2, 0.25) is 0 Å². The summed E-state index contributed by atoms with van der Waals surface area (Å²) < 4.78 is 42.8. The molecule has 0 bridgehead atoms. The normalized spacial score (nSPS) is 12.5. The molecule has 0 saturated carbocycles. The number of benzene rings is 2. The van der Waals surface area contributed by atoms with E-state index in [1.807, 2.05) is 0 Å². The van der Waals surface area contributed by atoms with Gasteiger partial charge in [0.05, 0.1) is 18.6 Å². The molecule has 2 aromatic rings. The number of aryl methyl sites for hydroxylation is 1. The van der Waals surface area contributed by atoms with Crippen LogP contribution in [-0.2, 0) is 10.9 Å². The highest BCUT2D eigenvalue weighted by Crippen LogP contribution is 2.41. The van der Waals surface area contributed by atoms with Crippen molar-refractivity contribution in [3.05, 3.63) is 68.3 Å². The predicted molar refractivity (Wildman–Crippen MR) is 91.0 cm³/mol. The van der Waals surface area contributed by atoms with E-state index in [2.05, 4.69) is 4.74 Å². The zero-order valence-electron chi connectivity index (χ0n) is 14.8. The molecule has 2 aromatic carbocycles. The lowest BCUT2D eigenvalue weighted by molar-refractivity contribution is -0.481. The van der Waals surface area contributed by atoms with Crippen LogP contribution in [-0.4, -0.2) is 34.8 Å². The number of aromatic hydroxyl groups is 2. The van der Waals surface area contributed by atoms with Gasteiger partial charge in [-0.1, -0.05) is 12.1 Å². The summed E-state index contributed by atoms with van der Waals surface area (Å²) >= 11 is 0. The number of carbonyl (C=O) groups is 1. The predicted octanol–water partition coefficient (Wildman–Crippen LogP) is 3.62. The number of methoxy groups -OCH3 is 1. The van der Waals surface area contributed by atoms with Gasteiger partial charge in [-0.15, -0.1) is 0 Å². The number of nitrogens with zero attached hydrogens (tertiary/aromatic N) is 1. The smallest absolute Gasteiger partial charge is 0.416 e. The molecule has 0 aromatic heterocycles. The summed E-state index contributed by atoms with van der Waals surface area (Å²) in [5.41, 5.74) is -1.34. The van der Waals surface area contributed by atoms with Gasteiger partial charge in [-0.3, -0.25) is 10.1 Å². The summed E-state index contributed by atoms with van der Waals surface area (Å²) in [6, 6.07) is 4.91. The van der Waals surface area contributed by atoms with Crippen LogP contribution < -0.4 is 0 Å². The van der Waals surface area contributed by atoms with Gasteiger partial charge >= 0.3 is 12.1 Å². The monoisotopic (exact) mass is 399 g/mol. The molecular formula is C18H16F3NO6. The van der Waals surface area contributed by atoms with Gasteiger partial charge in [0.1, 0.15) is 17.1 Å². The Kier molecular flexibility index (Phi) is 5.81. The topological polar surface area (TPSA) is 110 Å². The van der Waals surface area contributed by atoms with E-state index in [1.165, 1.54) is 13.0 Å². The van der Waals surface area contributed by atoms with E-state index in [0.717, 1.165) is 31.4 Å². The van der Waals surface area contributed by atoms with Crippen molar-refractivity contribution in [2.75, 3.05) is 13.7 Å². The molecule has 2 rings (SSSR count). The molecule has 1 atom stereocenters. The van der Waals surface area contributed by atoms with Gasteiger partial charge < -0.3 is 14.9 Å². The highest BCUT2D eigenvalue weighted by atomic mass is 19.4. The van der Waals surface area contributed by atoms with E-state index in [0.29, 0.717) is 0 Å². The first kappa shape index (κ1) is 21.0. The van der Waals surface area contributed by atoms with Gasteiger partial charge in [0.15, 0.2) is 0 Å². The van der Waals surface area contributed by atoms with Gasteiger partial charge in [0.2, 0.25) is 6.54 Å². The minimum absolute atomic E-state index is 0.0906. The van der Waals surface area contributed by atoms with Crippen LogP contribution >= 0.6 is 0 Å². The first-order valence-electron chi connectivity index (χ1n) is 7.90. The van der Waals surface area contributed by atoms with Crippen LogP contribution in [0.1, 0.15) is 38.5 Å². The fraction of sp³-hybridized carbons (Fsp3) is 0.278. The van der Waals surface area contributed by atoms with Crippen molar-refractivity contribution in [2.24, 2.45) is 0 Å². The Hall–Kier alpha value is -3.30. The highest BCUT2D eigenvalue weighted by Gasteiger charge is 2.32. The maximum absolute atomic E-state index is 12.8. The number of nitro groups is 1. The van der Waals surface area contributed by atoms with Gasteiger partial charge in [-0.25, -0.2) is 4.79 Å². The second kappa shape index (κ2) is 7.75. The van der Waals surface area contributed by atoms with Crippen LogP contribution in [0, 0.1) is 17.0 Å². The molecule has 0 fully saturated rings. The molecule has 7 nitrogen and oxygen atoms in total. The Bertz CT molecular complexity index is 909. The third-order valence-electron chi connectivity index (χ3n) is 4.23. The average molecular weight is 399 g/mol. The number of rotatable bonds is 5.